The van der Waals surface area contributed by atoms with Crippen LogP contribution in [0.2, 0.25) is 0 Å². The molecule has 6 N–H and O–H groups in total. The van der Waals surface area contributed by atoms with Crippen molar-refractivity contribution in [3.8, 4) is 0 Å². The third-order valence-electron chi connectivity index (χ3n) is 4.25. The molecular formula is C19H18N7Ni2O5-. The summed E-state index contributed by atoms with van der Waals surface area (Å²) in [5.74, 6) is -1.84. The molecule has 0 radical (unpaired) electrons. The number of nitrogens with one attached hydrogen (secondary N) is 3. The number of nitrogens with two attached hydrogens (primary N) is 1. The zero-order valence-electron chi connectivity index (χ0n) is 16.7. The van der Waals surface area contributed by atoms with E-state index in [1.807, 2.05) is 0 Å². The Morgan fingerprint density at radius 2 is 1.88 bits per heavy atom. The van der Waals surface area contributed by atoms with Gasteiger partial charge in [0.25, 0.3) is 11.5 Å². The Morgan fingerprint density at radius 3 is 2.52 bits per heavy atom. The van der Waals surface area contributed by atoms with Crippen molar-refractivity contribution in [2.24, 2.45) is 0 Å². The first-order valence-electron chi connectivity index (χ1n) is 9.11. The maximum absolute atomic E-state index is 12.2. The molecule has 3 aromatic rings. The molecule has 180 valence electrons. The Balaban J connectivity index is 0.00000272. The molecule has 2 aromatic heterocycles. The van der Waals surface area contributed by atoms with Crippen molar-refractivity contribution in [3.63, 3.8) is 0 Å². The van der Waals surface area contributed by atoms with Gasteiger partial charge in [-0.25, -0.2) is 14.8 Å². The summed E-state index contributed by atoms with van der Waals surface area (Å²) in [6.45, 7) is 0.252. The maximum Gasteiger partial charge on any atom is 0.326 e. The van der Waals surface area contributed by atoms with Crippen LogP contribution >= 0.6 is 0 Å². The Labute approximate surface area is 207 Å². The molecular weight excluding hydrogens is 524 g/mol. The normalized spacial score (nSPS) is 10.9. The summed E-state index contributed by atoms with van der Waals surface area (Å²) in [4.78, 5) is 60.2. The Bertz CT molecular complexity index is 1190. The fourth-order valence-corrected chi connectivity index (χ4v) is 2.69. The third kappa shape index (κ3) is 7.33. The molecule has 0 saturated carbocycles. The van der Waals surface area contributed by atoms with E-state index in [2.05, 4.69) is 30.6 Å². The standard InChI is InChI=1S/C19H18N7O5.2Ni/c20-19-25-15-14(17(29)26-19)23-12(9-22-15)8-21-11-5-3-10(4-6-11)16(28)24-13(18(30)31)2-1-7-27;;/h3-6,9,13,21H,1-2,8H2,(H,24,28)(H,30,31)(H3,20,22,25,26,29);;/q-1;;/t13-;;/m0../s1. The van der Waals surface area contributed by atoms with E-state index in [1.165, 1.54) is 18.3 Å². The maximum atomic E-state index is 12.2. The van der Waals surface area contributed by atoms with E-state index in [9.17, 15) is 19.2 Å². The number of carbonyl (C=O) groups is 2. The van der Waals surface area contributed by atoms with Gasteiger partial charge < -0.3 is 26.3 Å². The van der Waals surface area contributed by atoms with Crippen molar-refractivity contribution >= 4 is 41.0 Å². The number of carboxylic acids is 1. The van der Waals surface area contributed by atoms with Crippen LogP contribution in [-0.2, 0) is 49.1 Å². The van der Waals surface area contributed by atoms with Crippen LogP contribution in [0.5, 0.6) is 0 Å². The van der Waals surface area contributed by atoms with Gasteiger partial charge in [-0.2, -0.15) is 4.98 Å². The van der Waals surface area contributed by atoms with Crippen molar-refractivity contribution < 1.29 is 52.5 Å². The van der Waals surface area contributed by atoms with Gasteiger partial charge in [0.2, 0.25) is 5.95 Å². The van der Waals surface area contributed by atoms with Crippen LogP contribution in [0.4, 0.5) is 11.6 Å². The van der Waals surface area contributed by atoms with Gasteiger partial charge in [0, 0.05) is 44.2 Å². The van der Waals surface area contributed by atoms with E-state index >= 15 is 0 Å². The fraction of sp³-hybridized carbons (Fsp3) is 0.211. The quantitative estimate of drug-likeness (QED) is 0.181. The summed E-state index contributed by atoms with van der Waals surface area (Å²) in [6, 6.07) is 5.13. The van der Waals surface area contributed by atoms with Gasteiger partial charge in [-0.3, -0.25) is 20.9 Å². The van der Waals surface area contributed by atoms with Gasteiger partial charge in [-0.1, -0.05) is 0 Å². The first-order chi connectivity index (χ1) is 14.9. The van der Waals surface area contributed by atoms with E-state index in [4.69, 9.17) is 10.8 Å². The number of rotatable bonds is 9. The second kappa shape index (κ2) is 12.6. The molecule has 1 aromatic carbocycles. The summed E-state index contributed by atoms with van der Waals surface area (Å²) in [5, 5.41) is 14.6. The van der Waals surface area contributed by atoms with Crippen LogP contribution in [0.3, 0.4) is 0 Å². The summed E-state index contributed by atoms with van der Waals surface area (Å²) < 4.78 is 0. The third-order valence-corrected chi connectivity index (χ3v) is 4.25. The van der Waals surface area contributed by atoms with Crippen molar-refractivity contribution in [2.75, 3.05) is 11.1 Å². The van der Waals surface area contributed by atoms with E-state index in [-0.39, 0.29) is 75.0 Å². The topological polar surface area (TPSA) is 193 Å². The van der Waals surface area contributed by atoms with Gasteiger partial charge >= 0.3 is 5.97 Å². The number of amides is 1. The van der Waals surface area contributed by atoms with Gasteiger partial charge in [0.15, 0.2) is 11.2 Å². The number of fused-ring (bicyclic) bond motifs is 1. The molecule has 33 heavy (non-hydrogen) atoms. The number of H-pyrrole nitrogens is 1. The van der Waals surface area contributed by atoms with Gasteiger partial charge in [-0.15, -0.1) is 6.42 Å². The van der Waals surface area contributed by atoms with E-state index in [0.717, 1.165) is 0 Å². The smallest absolute Gasteiger partial charge is 0.326 e. The minimum absolute atomic E-state index is 0. The first kappa shape index (κ1) is 27.7. The fourth-order valence-electron chi connectivity index (χ4n) is 2.69. The van der Waals surface area contributed by atoms with E-state index < -0.39 is 23.5 Å². The summed E-state index contributed by atoms with van der Waals surface area (Å²) in [7, 11) is 0. The molecule has 0 aliphatic carbocycles. The van der Waals surface area contributed by atoms with Crippen LogP contribution in [0.1, 0.15) is 28.9 Å². The molecule has 0 saturated heterocycles. The molecule has 3 rings (SSSR count). The average molecular weight is 542 g/mol. The van der Waals surface area contributed by atoms with Crippen molar-refractivity contribution in [1.82, 2.24) is 25.3 Å². The molecule has 0 spiro atoms. The number of hydrogen-bond acceptors (Lipinski definition) is 9. The van der Waals surface area contributed by atoms with Crippen molar-refractivity contribution in [3.05, 3.63) is 52.1 Å². The SMILES string of the molecule is Nc1nc2ncc(CNc3ccc(C(=O)N[C@@H](CC[C-]=O)C(=O)O)cc3)nc2c(=O)[nH]1.[Ni].[Ni]. The zero-order valence-corrected chi connectivity index (χ0v) is 18.7. The van der Waals surface area contributed by atoms with Crippen LogP contribution in [0.15, 0.2) is 35.3 Å². The number of carbonyl (C=O) groups excluding carboxylic acids is 2. The van der Waals surface area contributed by atoms with Crippen molar-refractivity contribution in [1.29, 1.82) is 0 Å². The van der Waals surface area contributed by atoms with Crippen LogP contribution < -0.4 is 21.9 Å². The summed E-state index contributed by atoms with van der Waals surface area (Å²) >= 11 is 0. The predicted octanol–water partition coefficient (Wildman–Crippen LogP) is -0.0247. The van der Waals surface area contributed by atoms with Crippen molar-refractivity contribution in [2.45, 2.75) is 25.4 Å². The molecule has 0 aliphatic rings. The largest absolute Gasteiger partial charge is 0.542 e. The second-order valence-electron chi connectivity index (χ2n) is 6.46. The number of aromatic amines is 1. The number of nitrogens with zero attached hydrogens (tertiary/aromatic N) is 3. The molecule has 1 amide bonds. The van der Waals surface area contributed by atoms with Crippen LogP contribution in [-0.4, -0.2) is 49.2 Å². The molecule has 0 bridgehead atoms. The summed E-state index contributed by atoms with van der Waals surface area (Å²) in [6.07, 6.45) is 2.94. The number of aliphatic carboxylic acids is 1. The number of hydrogen-bond donors (Lipinski definition) is 5. The number of aromatic nitrogens is 4. The average Bonchev–Trinajstić information content (AvgIpc) is 2.75. The van der Waals surface area contributed by atoms with Gasteiger partial charge in [-0.05, 0) is 30.7 Å². The number of carboxylic acid groups (broad SMARTS) is 1. The molecule has 2 heterocycles. The number of benzene rings is 1. The van der Waals surface area contributed by atoms with Crippen LogP contribution in [0.25, 0.3) is 11.2 Å². The summed E-state index contributed by atoms with van der Waals surface area (Å²) in [5.41, 5.74) is 6.61. The molecule has 1 atom stereocenters. The van der Waals surface area contributed by atoms with E-state index in [1.54, 1.807) is 18.4 Å². The van der Waals surface area contributed by atoms with Gasteiger partial charge in [0.05, 0.1) is 18.4 Å². The minimum Gasteiger partial charge on any atom is -0.542 e. The Morgan fingerprint density at radius 1 is 1.18 bits per heavy atom. The Hall–Kier alpha value is -3.36. The molecule has 12 nitrogen and oxygen atoms in total. The number of anilines is 2. The molecule has 0 fully saturated rings. The molecule has 0 aliphatic heterocycles. The first-order valence-corrected chi connectivity index (χ1v) is 9.11. The molecule has 0 unspecified atom stereocenters. The minimum atomic E-state index is -1.23. The van der Waals surface area contributed by atoms with Gasteiger partial charge in [0.1, 0.15) is 6.04 Å². The van der Waals surface area contributed by atoms with Crippen LogP contribution in [0, 0.1) is 0 Å². The van der Waals surface area contributed by atoms with E-state index in [0.29, 0.717) is 11.4 Å². The Kier molecular flexibility index (Phi) is 10.6. The monoisotopic (exact) mass is 540 g/mol. The predicted molar refractivity (Wildman–Crippen MR) is 110 cm³/mol. The zero-order chi connectivity index (χ0) is 22.4. The number of nitrogen functional groups attached to an aromatic ring is 1. The molecule has 14 heteroatoms. The second-order valence-corrected chi connectivity index (χ2v) is 6.46.